The van der Waals surface area contributed by atoms with Crippen molar-refractivity contribution in [3.05, 3.63) is 23.8 Å². The van der Waals surface area contributed by atoms with Gasteiger partial charge in [-0.2, -0.15) is 0 Å². The highest BCUT2D eigenvalue weighted by Gasteiger charge is 2.36. The Morgan fingerprint density at radius 2 is 2.00 bits per heavy atom. The average molecular weight is 313 g/mol. The molecule has 3 rings (SSSR count). The van der Waals surface area contributed by atoms with Gasteiger partial charge in [-0.05, 0) is 18.9 Å². The van der Waals surface area contributed by atoms with E-state index in [9.17, 15) is 13.6 Å². The minimum absolute atomic E-state index is 0.274. The number of anilines is 1. The molecule has 5 nitrogen and oxygen atoms in total. The van der Waals surface area contributed by atoms with Gasteiger partial charge in [-0.15, -0.1) is 0 Å². The van der Waals surface area contributed by atoms with Crippen molar-refractivity contribution < 1.29 is 18.3 Å². The molecule has 0 radical (unpaired) electrons. The molecule has 1 aliphatic rings. The van der Waals surface area contributed by atoms with E-state index >= 15 is 0 Å². The quantitative estimate of drug-likeness (QED) is 0.889. The van der Waals surface area contributed by atoms with E-state index in [1.807, 2.05) is 0 Å². The van der Waals surface area contributed by atoms with Gasteiger partial charge >= 0.3 is 0 Å². The van der Waals surface area contributed by atoms with Crippen molar-refractivity contribution in [2.75, 3.05) is 18.5 Å². The number of nitrogens with zero attached hydrogens (tertiary/aromatic N) is 1. The zero-order chi connectivity index (χ0) is 15.0. The highest BCUT2D eigenvalue weighted by molar-refractivity contribution is 7.22. The van der Waals surface area contributed by atoms with E-state index < -0.39 is 17.2 Å². The number of fused-ring (bicyclic) bond motifs is 1. The smallest absolute Gasteiger partial charge is 0.246 e. The number of ether oxygens (including phenoxy) is 1. The summed E-state index contributed by atoms with van der Waals surface area (Å²) in [5, 5.41) is 2.90. The standard InChI is InChI=1S/C13H13F2N3O2S/c14-7-5-9-10(6-8(7)15)21-12(17-9)18-11(19)13(16)1-3-20-4-2-13/h5-6H,1-4,16H2,(H,17,18,19). The number of hydrogen-bond acceptors (Lipinski definition) is 5. The van der Waals surface area contributed by atoms with Crippen LogP contribution in [0.3, 0.4) is 0 Å². The van der Waals surface area contributed by atoms with Crippen LogP contribution in [0.15, 0.2) is 12.1 Å². The molecule has 1 saturated heterocycles. The highest BCUT2D eigenvalue weighted by Crippen LogP contribution is 2.29. The van der Waals surface area contributed by atoms with E-state index in [0.717, 1.165) is 23.5 Å². The van der Waals surface area contributed by atoms with E-state index in [1.54, 1.807) is 0 Å². The molecule has 2 heterocycles. The van der Waals surface area contributed by atoms with Gasteiger partial charge in [0.2, 0.25) is 5.91 Å². The van der Waals surface area contributed by atoms with E-state index in [0.29, 0.717) is 36.3 Å². The third-order valence-electron chi connectivity index (χ3n) is 3.49. The van der Waals surface area contributed by atoms with Crippen molar-refractivity contribution in [2.45, 2.75) is 18.4 Å². The first-order valence-corrected chi connectivity index (χ1v) is 7.23. The largest absolute Gasteiger partial charge is 0.381 e. The van der Waals surface area contributed by atoms with E-state index in [-0.39, 0.29) is 11.0 Å². The number of carbonyl (C=O) groups is 1. The number of nitrogens with two attached hydrogens (primary N) is 1. The van der Waals surface area contributed by atoms with Crippen LogP contribution < -0.4 is 11.1 Å². The maximum atomic E-state index is 13.2. The monoisotopic (exact) mass is 313 g/mol. The molecular weight excluding hydrogens is 300 g/mol. The number of halogens is 2. The van der Waals surface area contributed by atoms with Crippen molar-refractivity contribution in [3.63, 3.8) is 0 Å². The van der Waals surface area contributed by atoms with Crippen LogP contribution in [0, 0.1) is 11.6 Å². The van der Waals surface area contributed by atoms with Gasteiger partial charge in [0.25, 0.3) is 0 Å². The Balaban J connectivity index is 1.83. The van der Waals surface area contributed by atoms with Gasteiger partial charge in [0, 0.05) is 19.3 Å². The molecule has 1 fully saturated rings. The lowest BCUT2D eigenvalue weighted by molar-refractivity contribution is -0.124. The Morgan fingerprint density at radius 3 is 2.71 bits per heavy atom. The fraction of sp³-hybridized carbons (Fsp3) is 0.385. The summed E-state index contributed by atoms with van der Waals surface area (Å²) >= 11 is 1.07. The van der Waals surface area contributed by atoms with Crippen molar-refractivity contribution in [1.82, 2.24) is 4.98 Å². The van der Waals surface area contributed by atoms with Gasteiger partial charge in [0.05, 0.1) is 10.2 Å². The molecule has 2 aromatic rings. The minimum atomic E-state index is -0.993. The molecule has 1 amide bonds. The number of rotatable bonds is 2. The van der Waals surface area contributed by atoms with Crippen LogP contribution in [0.5, 0.6) is 0 Å². The van der Waals surface area contributed by atoms with Gasteiger partial charge in [-0.3, -0.25) is 4.79 Å². The number of carbonyl (C=O) groups excluding carboxylic acids is 1. The maximum absolute atomic E-state index is 13.2. The first-order chi connectivity index (χ1) is 9.98. The first kappa shape index (κ1) is 14.3. The molecule has 1 aromatic heterocycles. The SMILES string of the molecule is NC1(C(=O)Nc2nc3cc(F)c(F)cc3s2)CCOCC1. The van der Waals surface area contributed by atoms with Crippen LogP contribution in [0.1, 0.15) is 12.8 Å². The topological polar surface area (TPSA) is 77.2 Å². The van der Waals surface area contributed by atoms with E-state index in [4.69, 9.17) is 10.5 Å². The number of aromatic nitrogens is 1. The van der Waals surface area contributed by atoms with Crippen LogP contribution in [-0.2, 0) is 9.53 Å². The Morgan fingerprint density at radius 1 is 1.33 bits per heavy atom. The summed E-state index contributed by atoms with van der Waals surface area (Å²) < 4.78 is 31.9. The van der Waals surface area contributed by atoms with Gasteiger partial charge in [-0.25, -0.2) is 13.8 Å². The molecular formula is C13H13F2N3O2S. The van der Waals surface area contributed by atoms with Gasteiger partial charge in [0.15, 0.2) is 16.8 Å². The minimum Gasteiger partial charge on any atom is -0.381 e. The van der Waals surface area contributed by atoms with E-state index in [2.05, 4.69) is 10.3 Å². The summed E-state index contributed by atoms with van der Waals surface area (Å²) in [6.45, 7) is 0.861. The molecule has 112 valence electrons. The summed E-state index contributed by atoms with van der Waals surface area (Å²) in [5.74, 6) is -2.26. The third kappa shape index (κ3) is 2.74. The Bertz CT molecular complexity index is 659. The molecule has 1 aromatic carbocycles. The molecule has 0 unspecified atom stereocenters. The second-order valence-electron chi connectivity index (χ2n) is 4.98. The molecule has 0 atom stereocenters. The van der Waals surface area contributed by atoms with Crippen molar-refractivity contribution >= 4 is 32.6 Å². The molecule has 0 bridgehead atoms. The van der Waals surface area contributed by atoms with Crippen molar-refractivity contribution in [2.24, 2.45) is 5.73 Å². The lowest BCUT2D eigenvalue weighted by Gasteiger charge is -2.31. The first-order valence-electron chi connectivity index (χ1n) is 6.42. The van der Waals surface area contributed by atoms with Gasteiger partial charge in [-0.1, -0.05) is 11.3 Å². The number of thiazole rings is 1. The molecule has 8 heteroatoms. The molecule has 3 N–H and O–H groups in total. The Kier molecular flexibility index (Phi) is 3.60. The van der Waals surface area contributed by atoms with Crippen LogP contribution >= 0.6 is 11.3 Å². The lowest BCUT2D eigenvalue weighted by Crippen LogP contribution is -2.54. The Hall–Kier alpha value is -1.64. The fourth-order valence-corrected chi connectivity index (χ4v) is 3.03. The highest BCUT2D eigenvalue weighted by atomic mass is 32.1. The molecule has 1 aliphatic heterocycles. The second-order valence-corrected chi connectivity index (χ2v) is 6.01. The van der Waals surface area contributed by atoms with Crippen LogP contribution in [0.4, 0.5) is 13.9 Å². The normalized spacial score (nSPS) is 17.9. The van der Waals surface area contributed by atoms with Gasteiger partial charge < -0.3 is 15.8 Å². The zero-order valence-electron chi connectivity index (χ0n) is 11.0. The molecule has 0 saturated carbocycles. The van der Waals surface area contributed by atoms with E-state index in [1.165, 1.54) is 0 Å². The second kappa shape index (κ2) is 5.28. The summed E-state index contributed by atoms with van der Waals surface area (Å²) in [6.07, 6.45) is 0.847. The Labute approximate surface area is 123 Å². The van der Waals surface area contributed by atoms with Crippen LogP contribution in [0.25, 0.3) is 10.2 Å². The molecule has 0 spiro atoms. The van der Waals surface area contributed by atoms with Crippen LogP contribution in [0.2, 0.25) is 0 Å². The van der Waals surface area contributed by atoms with Crippen LogP contribution in [-0.4, -0.2) is 29.6 Å². The van der Waals surface area contributed by atoms with Gasteiger partial charge in [0.1, 0.15) is 5.54 Å². The zero-order valence-corrected chi connectivity index (χ0v) is 11.8. The predicted molar refractivity (Wildman–Crippen MR) is 75.1 cm³/mol. The molecule has 0 aliphatic carbocycles. The number of benzene rings is 1. The molecule has 21 heavy (non-hydrogen) atoms. The summed E-state index contributed by atoms with van der Waals surface area (Å²) in [4.78, 5) is 16.3. The third-order valence-corrected chi connectivity index (χ3v) is 4.42. The summed E-state index contributed by atoms with van der Waals surface area (Å²) in [6, 6.07) is 2.06. The number of amides is 1. The lowest BCUT2D eigenvalue weighted by atomic mass is 9.90. The fourth-order valence-electron chi connectivity index (χ4n) is 2.16. The summed E-state index contributed by atoms with van der Waals surface area (Å²) in [7, 11) is 0. The van der Waals surface area contributed by atoms with Crippen molar-refractivity contribution in [1.29, 1.82) is 0 Å². The van der Waals surface area contributed by atoms with Crippen molar-refractivity contribution in [3.8, 4) is 0 Å². The predicted octanol–water partition coefficient (Wildman–Crippen LogP) is 2.02. The maximum Gasteiger partial charge on any atom is 0.246 e. The number of nitrogens with one attached hydrogen (secondary N) is 1. The summed E-state index contributed by atoms with van der Waals surface area (Å²) in [5.41, 5.74) is 5.36. The average Bonchev–Trinajstić information content (AvgIpc) is 2.81. The number of hydrogen-bond donors (Lipinski definition) is 2.